The van der Waals surface area contributed by atoms with E-state index in [9.17, 15) is 14.4 Å². The molecule has 5 heteroatoms. The molecule has 1 aliphatic carbocycles. The lowest BCUT2D eigenvalue weighted by atomic mass is 9.67. The van der Waals surface area contributed by atoms with Gasteiger partial charge >= 0.3 is 11.9 Å². The van der Waals surface area contributed by atoms with Crippen LogP contribution in [0.5, 0.6) is 0 Å². The number of rotatable bonds is 4. The standard InChI is InChI=1S/C12H14O5/c1-7-3-4-8(2)12(11(7)17,5-9(13)14)6-10(15)16/h3-4H,5-6H2,1-2H3,(H,13,14)(H,15,16). The van der Waals surface area contributed by atoms with Gasteiger partial charge in [0.2, 0.25) is 0 Å². The highest BCUT2D eigenvalue weighted by molar-refractivity contribution is 6.06. The minimum absolute atomic E-state index is 0.387. The van der Waals surface area contributed by atoms with Crippen LogP contribution in [-0.2, 0) is 14.4 Å². The Morgan fingerprint density at radius 3 is 2.00 bits per heavy atom. The first-order chi connectivity index (χ1) is 7.79. The second-order valence-corrected chi connectivity index (χ2v) is 4.25. The second-order valence-electron chi connectivity index (χ2n) is 4.25. The van der Waals surface area contributed by atoms with Gasteiger partial charge in [0.05, 0.1) is 18.3 Å². The molecule has 0 heterocycles. The van der Waals surface area contributed by atoms with Crippen molar-refractivity contribution in [2.45, 2.75) is 26.7 Å². The molecule has 92 valence electrons. The van der Waals surface area contributed by atoms with Crippen LogP contribution < -0.4 is 0 Å². The molecule has 0 spiro atoms. The Balaban J connectivity index is 3.26. The predicted octanol–water partition coefficient (Wildman–Crippen LogP) is 1.40. The maximum absolute atomic E-state index is 12.1. The summed E-state index contributed by atoms with van der Waals surface area (Å²) in [7, 11) is 0. The minimum Gasteiger partial charge on any atom is -0.481 e. The average Bonchev–Trinajstić information content (AvgIpc) is 2.19. The lowest BCUT2D eigenvalue weighted by Gasteiger charge is -2.33. The summed E-state index contributed by atoms with van der Waals surface area (Å²) >= 11 is 0. The van der Waals surface area contributed by atoms with E-state index in [2.05, 4.69) is 0 Å². The molecule has 0 saturated heterocycles. The molecule has 0 atom stereocenters. The van der Waals surface area contributed by atoms with Gasteiger partial charge < -0.3 is 10.2 Å². The van der Waals surface area contributed by atoms with Gasteiger partial charge in [-0.25, -0.2) is 0 Å². The minimum atomic E-state index is -1.43. The lowest BCUT2D eigenvalue weighted by Crippen LogP contribution is -2.39. The van der Waals surface area contributed by atoms with E-state index in [4.69, 9.17) is 10.2 Å². The number of Topliss-reactive ketones (excluding diaryl/α,β-unsaturated/α-hetero) is 1. The van der Waals surface area contributed by atoms with Gasteiger partial charge in [-0.2, -0.15) is 0 Å². The highest BCUT2D eigenvalue weighted by Crippen LogP contribution is 2.41. The third-order valence-corrected chi connectivity index (χ3v) is 3.04. The molecule has 0 aromatic heterocycles. The van der Waals surface area contributed by atoms with E-state index in [1.165, 1.54) is 0 Å². The summed E-state index contributed by atoms with van der Waals surface area (Å²) in [5.74, 6) is -2.77. The molecule has 0 radical (unpaired) electrons. The molecule has 0 aliphatic heterocycles. The number of aliphatic carboxylic acids is 2. The molecule has 5 nitrogen and oxygen atoms in total. The molecule has 0 fully saturated rings. The summed E-state index contributed by atoms with van der Waals surface area (Å²) in [5, 5.41) is 17.7. The first kappa shape index (κ1) is 13.2. The lowest BCUT2D eigenvalue weighted by molar-refractivity contribution is -0.147. The maximum Gasteiger partial charge on any atom is 0.304 e. The van der Waals surface area contributed by atoms with E-state index in [-0.39, 0.29) is 0 Å². The van der Waals surface area contributed by atoms with E-state index in [1.54, 1.807) is 26.0 Å². The summed E-state index contributed by atoms with van der Waals surface area (Å²) < 4.78 is 0. The molecule has 0 saturated carbocycles. The largest absolute Gasteiger partial charge is 0.481 e. The van der Waals surface area contributed by atoms with Crippen molar-refractivity contribution in [1.82, 2.24) is 0 Å². The van der Waals surface area contributed by atoms with E-state index in [1.807, 2.05) is 0 Å². The zero-order valence-corrected chi connectivity index (χ0v) is 9.69. The second kappa shape index (κ2) is 4.53. The van der Waals surface area contributed by atoms with Crippen molar-refractivity contribution in [3.8, 4) is 0 Å². The van der Waals surface area contributed by atoms with E-state index >= 15 is 0 Å². The van der Waals surface area contributed by atoms with Crippen LogP contribution in [0.1, 0.15) is 26.7 Å². The molecule has 0 aromatic carbocycles. The van der Waals surface area contributed by atoms with E-state index in [0.29, 0.717) is 11.1 Å². The summed E-state index contributed by atoms with van der Waals surface area (Å²) in [6.45, 7) is 3.15. The number of ketones is 1. The van der Waals surface area contributed by atoms with Gasteiger partial charge in [0.1, 0.15) is 0 Å². The van der Waals surface area contributed by atoms with E-state index < -0.39 is 36.0 Å². The third-order valence-electron chi connectivity index (χ3n) is 3.04. The van der Waals surface area contributed by atoms with Crippen LogP contribution >= 0.6 is 0 Å². The summed E-state index contributed by atoms with van der Waals surface area (Å²) in [5.41, 5.74) is -0.563. The fourth-order valence-corrected chi connectivity index (χ4v) is 2.06. The van der Waals surface area contributed by atoms with Crippen LogP contribution in [0.25, 0.3) is 0 Å². The van der Waals surface area contributed by atoms with Gasteiger partial charge in [-0.15, -0.1) is 0 Å². The normalized spacial score (nSPS) is 18.4. The molecular formula is C12H14O5. The average molecular weight is 238 g/mol. The molecule has 1 rings (SSSR count). The molecule has 17 heavy (non-hydrogen) atoms. The van der Waals surface area contributed by atoms with Gasteiger partial charge in [-0.05, 0) is 19.4 Å². The van der Waals surface area contributed by atoms with Crippen molar-refractivity contribution < 1.29 is 24.6 Å². The van der Waals surface area contributed by atoms with Gasteiger partial charge in [0.25, 0.3) is 0 Å². The first-order valence-electron chi connectivity index (χ1n) is 5.13. The van der Waals surface area contributed by atoms with Crippen LogP contribution in [0.4, 0.5) is 0 Å². The number of hydrogen-bond donors (Lipinski definition) is 2. The van der Waals surface area contributed by atoms with Gasteiger partial charge in [0, 0.05) is 0 Å². The Labute approximate surface area is 98.4 Å². The quantitative estimate of drug-likeness (QED) is 0.772. The zero-order chi connectivity index (χ0) is 13.2. The number of carbonyl (C=O) groups excluding carboxylic acids is 1. The molecule has 0 amide bonds. The highest BCUT2D eigenvalue weighted by Gasteiger charge is 2.45. The van der Waals surface area contributed by atoms with Gasteiger partial charge in [-0.1, -0.05) is 17.7 Å². The Bertz CT molecular complexity index is 422. The van der Waals surface area contributed by atoms with Crippen molar-refractivity contribution in [3.63, 3.8) is 0 Å². The summed E-state index contributed by atoms with van der Waals surface area (Å²) in [6, 6.07) is 0. The predicted molar refractivity (Wildman–Crippen MR) is 59.5 cm³/mol. The molecule has 1 aliphatic rings. The van der Waals surface area contributed by atoms with Crippen LogP contribution in [0.15, 0.2) is 23.3 Å². The molecular weight excluding hydrogens is 224 g/mol. The third kappa shape index (κ3) is 2.43. The first-order valence-corrected chi connectivity index (χ1v) is 5.13. The Morgan fingerprint density at radius 1 is 1.12 bits per heavy atom. The maximum atomic E-state index is 12.1. The molecule has 0 bridgehead atoms. The zero-order valence-electron chi connectivity index (χ0n) is 9.69. The summed E-state index contributed by atoms with van der Waals surface area (Å²) in [6.07, 6.45) is 2.21. The van der Waals surface area contributed by atoms with Crippen molar-refractivity contribution in [3.05, 3.63) is 23.3 Å². The highest BCUT2D eigenvalue weighted by atomic mass is 16.4. The number of carboxylic acid groups (broad SMARTS) is 2. The summed E-state index contributed by atoms with van der Waals surface area (Å²) in [4.78, 5) is 33.8. The van der Waals surface area contributed by atoms with Gasteiger partial charge in [-0.3, -0.25) is 14.4 Å². The van der Waals surface area contributed by atoms with Gasteiger partial charge in [0.15, 0.2) is 5.78 Å². The van der Waals surface area contributed by atoms with E-state index in [0.717, 1.165) is 0 Å². The fraction of sp³-hybridized carbons (Fsp3) is 0.417. The molecule has 2 N–H and O–H groups in total. The SMILES string of the molecule is CC1=CC=C(C)C(CC(=O)O)(CC(=O)O)C1=O. The van der Waals surface area contributed by atoms with Crippen molar-refractivity contribution in [2.75, 3.05) is 0 Å². The Hall–Kier alpha value is -1.91. The van der Waals surface area contributed by atoms with Crippen molar-refractivity contribution in [2.24, 2.45) is 5.41 Å². The van der Waals surface area contributed by atoms with Crippen LogP contribution in [0, 0.1) is 5.41 Å². The van der Waals surface area contributed by atoms with Crippen molar-refractivity contribution in [1.29, 1.82) is 0 Å². The topological polar surface area (TPSA) is 91.7 Å². The van der Waals surface area contributed by atoms with Crippen LogP contribution in [-0.4, -0.2) is 27.9 Å². The monoisotopic (exact) mass is 238 g/mol. The number of carboxylic acids is 2. The van der Waals surface area contributed by atoms with Crippen LogP contribution in [0.3, 0.4) is 0 Å². The number of allylic oxidation sites excluding steroid dienone is 4. The number of hydrogen-bond acceptors (Lipinski definition) is 3. The van der Waals surface area contributed by atoms with Crippen LogP contribution in [0.2, 0.25) is 0 Å². The Morgan fingerprint density at radius 2 is 1.59 bits per heavy atom. The number of carbonyl (C=O) groups is 3. The fourth-order valence-electron chi connectivity index (χ4n) is 2.06. The molecule has 0 unspecified atom stereocenters. The van der Waals surface area contributed by atoms with Crippen molar-refractivity contribution >= 4 is 17.7 Å². The molecule has 0 aromatic rings. The Kier molecular flexibility index (Phi) is 3.50. The smallest absolute Gasteiger partial charge is 0.304 e.